The van der Waals surface area contributed by atoms with Crippen LogP contribution in [0.5, 0.6) is 0 Å². The number of carboxylic acid groups (broad SMARTS) is 1. The number of aromatic nitrogens is 3. The Morgan fingerprint density at radius 3 is 2.59 bits per heavy atom. The first-order valence-electron chi connectivity index (χ1n) is 6.50. The summed E-state index contributed by atoms with van der Waals surface area (Å²) < 4.78 is 6.36. The van der Waals surface area contributed by atoms with Crippen LogP contribution in [0.3, 0.4) is 0 Å². The molecule has 0 spiro atoms. The molecule has 2 N–H and O–H groups in total. The Hall–Kier alpha value is -2.90. The number of nitrogens with zero attached hydrogens (tertiary/aromatic N) is 3. The summed E-state index contributed by atoms with van der Waals surface area (Å²) in [7, 11) is 0. The zero-order chi connectivity index (χ0) is 16.3. The number of ether oxygens (including phenoxy) is 1. The maximum absolute atomic E-state index is 11.9. The van der Waals surface area contributed by atoms with Gasteiger partial charge in [-0.05, 0) is 32.9 Å². The number of carboxylic acids is 1. The van der Waals surface area contributed by atoms with Gasteiger partial charge in [-0.3, -0.25) is 5.32 Å². The fourth-order valence-electron chi connectivity index (χ4n) is 1.68. The molecule has 0 bridgehead atoms. The largest absolute Gasteiger partial charge is 0.477 e. The number of pyridine rings is 1. The number of nitrogens with one attached hydrogen (secondary N) is 1. The highest BCUT2D eigenvalue weighted by Gasteiger charge is 2.23. The molecular formula is C14H16N4O4. The summed E-state index contributed by atoms with van der Waals surface area (Å²) in [5.74, 6) is -0.852. The van der Waals surface area contributed by atoms with E-state index in [0.29, 0.717) is 5.82 Å². The van der Waals surface area contributed by atoms with Crippen LogP contribution < -0.4 is 5.32 Å². The molecule has 0 unspecified atom stereocenters. The lowest BCUT2D eigenvalue weighted by atomic mass is 10.2. The van der Waals surface area contributed by atoms with Crippen LogP contribution >= 0.6 is 0 Å². The molecule has 2 rings (SSSR count). The van der Waals surface area contributed by atoms with Crippen molar-refractivity contribution in [2.45, 2.75) is 26.4 Å². The van der Waals surface area contributed by atoms with E-state index in [9.17, 15) is 14.7 Å². The van der Waals surface area contributed by atoms with Crippen molar-refractivity contribution in [3.8, 4) is 5.82 Å². The number of carbonyl (C=O) groups is 2. The zero-order valence-electron chi connectivity index (χ0n) is 12.4. The summed E-state index contributed by atoms with van der Waals surface area (Å²) in [5, 5.41) is 15.6. The van der Waals surface area contributed by atoms with Crippen molar-refractivity contribution in [1.29, 1.82) is 0 Å². The van der Waals surface area contributed by atoms with Gasteiger partial charge in [0.05, 0.1) is 6.20 Å². The Bertz CT molecular complexity index is 689. The predicted molar refractivity (Wildman–Crippen MR) is 78.2 cm³/mol. The highest BCUT2D eigenvalue weighted by Crippen LogP contribution is 2.20. The van der Waals surface area contributed by atoms with Crippen LogP contribution in [0.1, 0.15) is 31.1 Å². The van der Waals surface area contributed by atoms with Crippen molar-refractivity contribution in [2.75, 3.05) is 5.32 Å². The van der Waals surface area contributed by atoms with Gasteiger partial charge in [0.2, 0.25) is 0 Å². The number of amides is 1. The molecule has 2 aromatic heterocycles. The molecule has 0 radical (unpaired) electrons. The van der Waals surface area contributed by atoms with Crippen LogP contribution in [0, 0.1) is 0 Å². The first-order valence-corrected chi connectivity index (χ1v) is 6.50. The fraction of sp³-hybridized carbons (Fsp3) is 0.286. The summed E-state index contributed by atoms with van der Waals surface area (Å²) in [5.41, 5.74) is -0.861. The molecule has 0 saturated carbocycles. The Balaban J connectivity index is 2.38. The highest BCUT2D eigenvalue weighted by molar-refractivity contribution is 5.97. The number of anilines is 1. The molecule has 2 aromatic rings. The lowest BCUT2D eigenvalue weighted by Crippen LogP contribution is -2.28. The smallest absolute Gasteiger partial charge is 0.413 e. The van der Waals surface area contributed by atoms with E-state index in [2.05, 4.69) is 15.4 Å². The second kappa shape index (κ2) is 5.84. The lowest BCUT2D eigenvalue weighted by Gasteiger charge is -2.20. The topological polar surface area (TPSA) is 106 Å². The van der Waals surface area contributed by atoms with Crippen LogP contribution in [-0.2, 0) is 4.74 Å². The number of hydrogen-bond acceptors (Lipinski definition) is 5. The maximum atomic E-state index is 11.9. The molecule has 0 aliphatic heterocycles. The maximum Gasteiger partial charge on any atom is 0.413 e. The zero-order valence-corrected chi connectivity index (χ0v) is 12.4. The summed E-state index contributed by atoms with van der Waals surface area (Å²) in [6.45, 7) is 5.13. The van der Waals surface area contributed by atoms with E-state index < -0.39 is 17.7 Å². The Morgan fingerprint density at radius 1 is 1.32 bits per heavy atom. The third kappa shape index (κ3) is 3.60. The van der Waals surface area contributed by atoms with Gasteiger partial charge in [-0.25, -0.2) is 14.6 Å². The van der Waals surface area contributed by atoms with Gasteiger partial charge in [0.25, 0.3) is 0 Å². The van der Waals surface area contributed by atoms with Crippen molar-refractivity contribution in [1.82, 2.24) is 14.8 Å². The van der Waals surface area contributed by atoms with Gasteiger partial charge in [-0.1, -0.05) is 6.07 Å². The van der Waals surface area contributed by atoms with Gasteiger partial charge in [-0.15, -0.1) is 0 Å². The second-order valence-electron chi connectivity index (χ2n) is 5.44. The first kappa shape index (κ1) is 15.5. The van der Waals surface area contributed by atoms with Gasteiger partial charge >= 0.3 is 12.1 Å². The van der Waals surface area contributed by atoms with E-state index in [4.69, 9.17) is 4.74 Å². The fourth-order valence-corrected chi connectivity index (χ4v) is 1.68. The van der Waals surface area contributed by atoms with Crippen molar-refractivity contribution >= 4 is 17.9 Å². The molecule has 8 heteroatoms. The summed E-state index contributed by atoms with van der Waals surface area (Å²) in [4.78, 5) is 27.2. The molecule has 8 nitrogen and oxygen atoms in total. The van der Waals surface area contributed by atoms with Crippen molar-refractivity contribution < 1.29 is 19.4 Å². The summed E-state index contributed by atoms with van der Waals surface area (Å²) in [6.07, 6.45) is 1.91. The van der Waals surface area contributed by atoms with E-state index in [0.717, 1.165) is 6.20 Å². The average molecular weight is 304 g/mol. The molecular weight excluding hydrogens is 288 g/mol. The molecule has 0 aromatic carbocycles. The standard InChI is InChI=1S/C14H16N4O4/c1-14(2,3)22-13(21)17-11-9(12(19)20)8-16-18(11)10-6-4-5-7-15-10/h4-8H,1-3H3,(H,17,21)(H,19,20). The molecule has 0 aliphatic carbocycles. The lowest BCUT2D eigenvalue weighted by molar-refractivity contribution is 0.0635. The van der Waals surface area contributed by atoms with E-state index in [1.807, 2.05) is 0 Å². The van der Waals surface area contributed by atoms with E-state index in [1.165, 1.54) is 10.9 Å². The van der Waals surface area contributed by atoms with Crippen LogP contribution in [0.25, 0.3) is 5.82 Å². The van der Waals surface area contributed by atoms with E-state index >= 15 is 0 Å². The van der Waals surface area contributed by atoms with Crippen molar-refractivity contribution in [2.24, 2.45) is 0 Å². The molecule has 2 heterocycles. The third-order valence-corrected chi connectivity index (χ3v) is 2.49. The van der Waals surface area contributed by atoms with Gasteiger partial charge in [0, 0.05) is 6.20 Å². The normalized spacial score (nSPS) is 11.0. The van der Waals surface area contributed by atoms with Gasteiger partial charge in [0.1, 0.15) is 11.2 Å². The van der Waals surface area contributed by atoms with E-state index in [-0.39, 0.29) is 11.4 Å². The van der Waals surface area contributed by atoms with E-state index in [1.54, 1.807) is 39.0 Å². The quantitative estimate of drug-likeness (QED) is 0.901. The van der Waals surface area contributed by atoms with Gasteiger partial charge < -0.3 is 9.84 Å². The monoisotopic (exact) mass is 304 g/mol. The Morgan fingerprint density at radius 2 is 2.05 bits per heavy atom. The Labute approximate surface area is 126 Å². The van der Waals surface area contributed by atoms with Crippen LogP contribution in [0.2, 0.25) is 0 Å². The highest BCUT2D eigenvalue weighted by atomic mass is 16.6. The van der Waals surface area contributed by atoms with Crippen molar-refractivity contribution in [3.05, 3.63) is 36.2 Å². The van der Waals surface area contributed by atoms with Crippen LogP contribution in [-0.4, -0.2) is 37.5 Å². The minimum Gasteiger partial charge on any atom is -0.477 e. The Kier molecular flexibility index (Phi) is 4.11. The number of carbonyl (C=O) groups excluding carboxylic acids is 1. The van der Waals surface area contributed by atoms with Crippen LogP contribution in [0.4, 0.5) is 10.6 Å². The molecule has 0 fully saturated rings. The second-order valence-corrected chi connectivity index (χ2v) is 5.44. The molecule has 1 amide bonds. The van der Waals surface area contributed by atoms with Crippen LogP contribution in [0.15, 0.2) is 30.6 Å². The minimum absolute atomic E-state index is 0.0135. The summed E-state index contributed by atoms with van der Waals surface area (Å²) in [6, 6.07) is 5.08. The third-order valence-electron chi connectivity index (χ3n) is 2.49. The van der Waals surface area contributed by atoms with Gasteiger partial charge in [0.15, 0.2) is 11.6 Å². The number of aromatic carboxylic acids is 1. The average Bonchev–Trinajstić information content (AvgIpc) is 2.81. The predicted octanol–water partition coefficient (Wildman–Crippen LogP) is 2.31. The SMILES string of the molecule is CC(C)(C)OC(=O)Nc1c(C(=O)O)cnn1-c1ccccn1. The minimum atomic E-state index is -1.21. The molecule has 116 valence electrons. The first-order chi connectivity index (χ1) is 10.3. The summed E-state index contributed by atoms with van der Waals surface area (Å²) >= 11 is 0. The molecule has 0 saturated heterocycles. The number of hydrogen-bond donors (Lipinski definition) is 2. The molecule has 0 atom stereocenters. The molecule has 22 heavy (non-hydrogen) atoms. The van der Waals surface area contributed by atoms with Crippen molar-refractivity contribution in [3.63, 3.8) is 0 Å². The number of rotatable bonds is 3. The van der Waals surface area contributed by atoms with Gasteiger partial charge in [-0.2, -0.15) is 9.78 Å². The molecule has 0 aliphatic rings.